The predicted molar refractivity (Wildman–Crippen MR) is 133 cm³/mol. The average molecular weight is 493 g/mol. The van der Waals surface area contributed by atoms with Gasteiger partial charge in [0.2, 0.25) is 0 Å². The monoisotopic (exact) mass is 492 g/mol. The number of barbiturate groups is 1. The Morgan fingerprint density at radius 1 is 0.972 bits per heavy atom. The molecule has 0 unspecified atom stereocenters. The summed E-state index contributed by atoms with van der Waals surface area (Å²) in [5.74, 6) is 2.77. The molecule has 3 rings (SSSR count). The van der Waals surface area contributed by atoms with Gasteiger partial charge in [-0.1, -0.05) is 25.0 Å². The van der Waals surface area contributed by atoms with Gasteiger partial charge >= 0.3 is 6.03 Å². The summed E-state index contributed by atoms with van der Waals surface area (Å²) in [6, 6.07) is 9.26. The molecule has 1 aliphatic heterocycles. The normalized spacial score (nSPS) is 14.3. The SMILES string of the molecule is C#CCOc1ccc(/C=C2\C(=O)NC(=O)N(Cc3ccc(OCCC)c(OC)c3)C2=O)cc1OCC. The van der Waals surface area contributed by atoms with Gasteiger partial charge < -0.3 is 18.9 Å². The molecule has 1 aliphatic rings. The number of methoxy groups -OCH3 is 1. The van der Waals surface area contributed by atoms with Crippen LogP contribution in [0.1, 0.15) is 31.4 Å². The topological polar surface area (TPSA) is 103 Å². The first kappa shape index (κ1) is 26.2. The molecule has 9 nitrogen and oxygen atoms in total. The van der Waals surface area contributed by atoms with Crippen molar-refractivity contribution in [2.45, 2.75) is 26.8 Å². The van der Waals surface area contributed by atoms with Crippen LogP contribution in [-0.4, -0.2) is 49.7 Å². The zero-order valence-corrected chi connectivity index (χ0v) is 20.5. The van der Waals surface area contributed by atoms with E-state index in [4.69, 9.17) is 25.4 Å². The van der Waals surface area contributed by atoms with Gasteiger partial charge in [0.1, 0.15) is 12.2 Å². The third-order valence-electron chi connectivity index (χ3n) is 5.11. The maximum Gasteiger partial charge on any atom is 0.331 e. The van der Waals surface area contributed by atoms with Gasteiger partial charge in [-0.05, 0) is 54.8 Å². The Kier molecular flexibility index (Phi) is 8.95. The molecule has 36 heavy (non-hydrogen) atoms. The lowest BCUT2D eigenvalue weighted by molar-refractivity contribution is -0.130. The van der Waals surface area contributed by atoms with Crippen molar-refractivity contribution < 1.29 is 33.3 Å². The summed E-state index contributed by atoms with van der Waals surface area (Å²) < 4.78 is 22.1. The minimum atomic E-state index is -0.805. The van der Waals surface area contributed by atoms with Crippen LogP contribution in [0.25, 0.3) is 6.08 Å². The molecule has 0 bridgehead atoms. The largest absolute Gasteiger partial charge is 0.493 e. The fourth-order valence-electron chi connectivity index (χ4n) is 3.45. The van der Waals surface area contributed by atoms with Crippen LogP contribution in [0.4, 0.5) is 4.79 Å². The number of amides is 4. The number of carbonyl (C=O) groups is 3. The van der Waals surface area contributed by atoms with Crippen molar-refractivity contribution >= 4 is 23.9 Å². The van der Waals surface area contributed by atoms with Crippen LogP contribution in [0.3, 0.4) is 0 Å². The molecule has 1 N–H and O–H groups in total. The van der Waals surface area contributed by atoms with Gasteiger partial charge in [-0.2, -0.15) is 0 Å². The lowest BCUT2D eigenvalue weighted by Crippen LogP contribution is -2.53. The van der Waals surface area contributed by atoms with Crippen molar-refractivity contribution in [3.05, 3.63) is 53.1 Å². The van der Waals surface area contributed by atoms with E-state index in [0.717, 1.165) is 11.3 Å². The number of terminal acetylenes is 1. The van der Waals surface area contributed by atoms with E-state index < -0.39 is 17.8 Å². The van der Waals surface area contributed by atoms with Crippen LogP contribution in [0.5, 0.6) is 23.0 Å². The summed E-state index contributed by atoms with van der Waals surface area (Å²) in [5, 5.41) is 2.22. The van der Waals surface area contributed by atoms with Crippen molar-refractivity contribution in [3.8, 4) is 35.3 Å². The fraction of sp³-hybridized carbons (Fsp3) is 0.296. The molecule has 1 heterocycles. The van der Waals surface area contributed by atoms with Gasteiger partial charge in [-0.15, -0.1) is 6.42 Å². The second kappa shape index (κ2) is 12.3. The number of rotatable bonds is 11. The van der Waals surface area contributed by atoms with E-state index in [1.807, 2.05) is 13.8 Å². The first-order valence-electron chi connectivity index (χ1n) is 11.4. The van der Waals surface area contributed by atoms with Gasteiger partial charge in [-0.25, -0.2) is 4.79 Å². The van der Waals surface area contributed by atoms with Crippen molar-refractivity contribution in [3.63, 3.8) is 0 Å². The molecular weight excluding hydrogens is 464 g/mol. The number of nitrogens with zero attached hydrogens (tertiary/aromatic N) is 1. The Labute approximate surface area is 210 Å². The van der Waals surface area contributed by atoms with E-state index in [0.29, 0.717) is 47.3 Å². The maximum atomic E-state index is 13.2. The highest BCUT2D eigenvalue weighted by Gasteiger charge is 2.35. The second-order valence-electron chi connectivity index (χ2n) is 7.67. The van der Waals surface area contributed by atoms with Crippen molar-refractivity contribution in [1.82, 2.24) is 10.2 Å². The lowest BCUT2D eigenvalue weighted by atomic mass is 10.1. The van der Waals surface area contributed by atoms with Crippen LogP contribution in [0, 0.1) is 12.3 Å². The van der Waals surface area contributed by atoms with Crippen LogP contribution in [0.15, 0.2) is 42.0 Å². The van der Waals surface area contributed by atoms with Crippen molar-refractivity contribution in [2.24, 2.45) is 0 Å². The van der Waals surface area contributed by atoms with Crippen LogP contribution in [-0.2, 0) is 16.1 Å². The maximum absolute atomic E-state index is 13.2. The molecule has 0 atom stereocenters. The quantitative estimate of drug-likeness (QED) is 0.291. The van der Waals surface area contributed by atoms with E-state index in [9.17, 15) is 14.4 Å². The molecule has 0 radical (unpaired) electrons. The summed E-state index contributed by atoms with van der Waals surface area (Å²) in [7, 11) is 1.51. The molecule has 9 heteroatoms. The summed E-state index contributed by atoms with van der Waals surface area (Å²) in [6.07, 6.45) is 7.49. The Hall–Kier alpha value is -4.45. The molecule has 0 spiro atoms. The standard InChI is InChI=1S/C27H28N2O7/c1-5-12-35-21-11-9-19(16-23(21)33-4)17-29-26(31)20(25(30)28-27(29)32)14-18-8-10-22(36-13-6-2)24(15-18)34-7-3/h2,8-11,14-16H,5,7,12-13,17H2,1,3-4H3,(H,28,30,32)/b20-14+. The third kappa shape index (κ3) is 6.16. The van der Waals surface area contributed by atoms with E-state index in [1.54, 1.807) is 36.4 Å². The molecule has 1 fully saturated rings. The number of carbonyl (C=O) groups excluding carboxylic acids is 3. The molecule has 188 valence electrons. The Balaban J connectivity index is 1.87. The molecule has 0 saturated carbocycles. The number of benzene rings is 2. The highest BCUT2D eigenvalue weighted by molar-refractivity contribution is 6.30. The highest BCUT2D eigenvalue weighted by Crippen LogP contribution is 2.31. The summed E-state index contributed by atoms with van der Waals surface area (Å²) in [6.45, 7) is 4.71. The van der Waals surface area contributed by atoms with Crippen LogP contribution >= 0.6 is 0 Å². The van der Waals surface area contributed by atoms with Crippen molar-refractivity contribution in [2.75, 3.05) is 26.9 Å². The zero-order valence-electron chi connectivity index (χ0n) is 20.5. The summed E-state index contributed by atoms with van der Waals surface area (Å²) >= 11 is 0. The van der Waals surface area contributed by atoms with E-state index >= 15 is 0 Å². The van der Waals surface area contributed by atoms with Crippen LogP contribution in [0.2, 0.25) is 0 Å². The lowest BCUT2D eigenvalue weighted by Gasteiger charge is -2.26. The number of hydrogen-bond acceptors (Lipinski definition) is 7. The molecule has 0 aliphatic carbocycles. The minimum absolute atomic E-state index is 0.0645. The van der Waals surface area contributed by atoms with E-state index in [1.165, 1.54) is 13.2 Å². The summed E-state index contributed by atoms with van der Waals surface area (Å²) in [5.41, 5.74) is 0.948. The first-order chi connectivity index (χ1) is 17.4. The molecular formula is C27H28N2O7. The number of ether oxygens (including phenoxy) is 4. The van der Waals surface area contributed by atoms with Gasteiger partial charge in [0.05, 0.1) is 26.9 Å². The molecule has 1 saturated heterocycles. The van der Waals surface area contributed by atoms with Gasteiger partial charge in [0.15, 0.2) is 23.0 Å². The minimum Gasteiger partial charge on any atom is -0.493 e. The molecule has 4 amide bonds. The highest BCUT2D eigenvalue weighted by atomic mass is 16.5. The number of imide groups is 2. The summed E-state index contributed by atoms with van der Waals surface area (Å²) in [4.78, 5) is 39.2. The van der Waals surface area contributed by atoms with Gasteiger partial charge in [0.25, 0.3) is 11.8 Å². The third-order valence-corrected chi connectivity index (χ3v) is 5.11. The van der Waals surface area contributed by atoms with E-state index in [2.05, 4.69) is 11.2 Å². The second-order valence-corrected chi connectivity index (χ2v) is 7.67. The number of hydrogen-bond donors (Lipinski definition) is 1. The van der Waals surface area contributed by atoms with E-state index in [-0.39, 0.29) is 18.7 Å². The van der Waals surface area contributed by atoms with Crippen LogP contribution < -0.4 is 24.3 Å². The Bertz CT molecular complexity index is 1210. The number of urea groups is 1. The van der Waals surface area contributed by atoms with Gasteiger partial charge in [0, 0.05) is 0 Å². The fourth-order valence-corrected chi connectivity index (χ4v) is 3.45. The molecule has 2 aromatic rings. The van der Waals surface area contributed by atoms with Crippen molar-refractivity contribution in [1.29, 1.82) is 0 Å². The van der Waals surface area contributed by atoms with Gasteiger partial charge in [-0.3, -0.25) is 19.8 Å². The zero-order chi connectivity index (χ0) is 26.1. The molecule has 0 aromatic heterocycles. The smallest absolute Gasteiger partial charge is 0.331 e. The average Bonchev–Trinajstić information content (AvgIpc) is 2.87. The Morgan fingerprint density at radius 2 is 1.72 bits per heavy atom. The Morgan fingerprint density at radius 3 is 2.42 bits per heavy atom. The molecule has 2 aromatic carbocycles. The first-order valence-corrected chi connectivity index (χ1v) is 11.4. The number of nitrogens with one attached hydrogen (secondary N) is 1. The predicted octanol–water partition coefficient (Wildman–Crippen LogP) is 3.56.